The van der Waals surface area contributed by atoms with Crippen molar-refractivity contribution in [1.29, 1.82) is 0 Å². The van der Waals surface area contributed by atoms with Gasteiger partial charge in [0.25, 0.3) is 0 Å². The van der Waals surface area contributed by atoms with E-state index in [1.807, 2.05) is 0 Å². The maximum atomic E-state index is 2.61. The Labute approximate surface area is 323 Å². The van der Waals surface area contributed by atoms with E-state index in [4.69, 9.17) is 0 Å². The molecule has 0 saturated carbocycles. The van der Waals surface area contributed by atoms with Crippen LogP contribution in [0.4, 0.5) is 0 Å². The molecule has 9 aromatic carbocycles. The number of hydrogen-bond acceptors (Lipinski definition) is 0. The minimum Gasteiger partial charge on any atom is -0.0623 e. The highest BCUT2D eigenvalue weighted by Gasteiger charge is 2.47. The molecule has 1 heteroatoms. The van der Waals surface area contributed by atoms with Crippen LogP contribution in [0.15, 0.2) is 170 Å². The van der Waals surface area contributed by atoms with E-state index in [-0.39, 0.29) is 10.8 Å². The summed E-state index contributed by atoms with van der Waals surface area (Å²) in [6.45, 7) is 9.74. The van der Waals surface area contributed by atoms with Crippen LogP contribution >= 0.6 is 0 Å². The summed E-state index contributed by atoms with van der Waals surface area (Å²) < 4.78 is 0. The zero-order valence-corrected chi connectivity index (χ0v) is 32.7. The molecule has 260 valence electrons. The first-order valence-corrected chi connectivity index (χ1v) is 21.8. The molecule has 0 radical (unpaired) electrons. The van der Waals surface area contributed by atoms with Crippen molar-refractivity contribution in [2.45, 2.75) is 38.5 Å². The van der Waals surface area contributed by atoms with E-state index in [2.05, 4.69) is 198 Å². The quantitative estimate of drug-likeness (QED) is 0.0949. The van der Waals surface area contributed by atoms with Crippen molar-refractivity contribution in [1.82, 2.24) is 0 Å². The van der Waals surface area contributed by atoms with Crippen LogP contribution in [0.3, 0.4) is 0 Å². The van der Waals surface area contributed by atoms with Gasteiger partial charge in [0.2, 0.25) is 0 Å². The maximum absolute atomic E-state index is 2.73. The molecule has 1 heterocycles. The van der Waals surface area contributed by atoms with E-state index in [0.29, 0.717) is 0 Å². The molecule has 9 aromatic rings. The van der Waals surface area contributed by atoms with Gasteiger partial charge in [-0.25, -0.2) is 0 Å². The zero-order valence-electron chi connectivity index (χ0n) is 31.7. The number of fused-ring (bicyclic) bond motifs is 11. The number of hydrogen-bond donors (Lipinski definition) is 0. The first-order chi connectivity index (χ1) is 26.8. The summed E-state index contributed by atoms with van der Waals surface area (Å²) in [5, 5.41) is 14.1. The molecule has 0 nitrogen and oxygen atoms in total. The van der Waals surface area contributed by atoms with E-state index in [1.165, 1.54) is 109 Å². The van der Waals surface area contributed by atoms with Gasteiger partial charge in [-0.3, -0.25) is 0 Å². The summed E-state index contributed by atoms with van der Waals surface area (Å²) in [5.41, 5.74) is 13.8. The van der Waals surface area contributed by atoms with Crippen molar-refractivity contribution in [2.75, 3.05) is 0 Å². The molecule has 0 amide bonds. The van der Waals surface area contributed by atoms with E-state index >= 15 is 0 Å². The van der Waals surface area contributed by atoms with Gasteiger partial charge in [0.05, 0.1) is 0 Å². The Morgan fingerprint density at radius 3 is 1.55 bits per heavy atom. The Morgan fingerprint density at radius 2 is 0.873 bits per heavy atom. The normalized spacial score (nSPS) is 16.1. The van der Waals surface area contributed by atoms with Crippen LogP contribution in [0.25, 0.3) is 65.7 Å². The van der Waals surface area contributed by atoms with Crippen molar-refractivity contribution in [3.8, 4) is 33.4 Å². The van der Waals surface area contributed by atoms with Crippen LogP contribution in [0.2, 0.25) is 0 Å². The molecule has 0 aromatic heterocycles. The van der Waals surface area contributed by atoms with E-state index in [1.54, 1.807) is 0 Å². The van der Waals surface area contributed by atoms with Crippen LogP contribution < -0.4 is 20.7 Å². The third-order valence-corrected chi connectivity index (χ3v) is 18.8. The molecule has 2 aliphatic carbocycles. The Balaban J connectivity index is 1.33. The molecular weight excluding hydrogens is 677 g/mol. The van der Waals surface area contributed by atoms with E-state index in [9.17, 15) is 0 Å². The summed E-state index contributed by atoms with van der Waals surface area (Å²) in [4.78, 5) is 0. The molecule has 3 aliphatic rings. The Morgan fingerprint density at radius 1 is 0.327 bits per heavy atom. The van der Waals surface area contributed by atoms with Gasteiger partial charge in [-0.05, 0) is 121 Å². The lowest BCUT2D eigenvalue weighted by atomic mass is 9.66. The van der Waals surface area contributed by atoms with Crippen molar-refractivity contribution in [3.63, 3.8) is 0 Å². The van der Waals surface area contributed by atoms with Crippen LogP contribution in [-0.2, 0) is 10.8 Å². The predicted octanol–water partition coefficient (Wildman–Crippen LogP) is 11.1. The summed E-state index contributed by atoms with van der Waals surface area (Å²) in [6.07, 6.45) is 0. The number of benzene rings is 9. The van der Waals surface area contributed by atoms with E-state index < -0.39 is 8.07 Å². The molecule has 0 atom stereocenters. The van der Waals surface area contributed by atoms with Crippen molar-refractivity contribution in [3.05, 3.63) is 192 Å². The highest BCUT2D eigenvalue weighted by molar-refractivity contribution is 7.21. The van der Waals surface area contributed by atoms with Gasteiger partial charge in [0, 0.05) is 10.8 Å². The van der Waals surface area contributed by atoms with Crippen molar-refractivity contribution < 1.29 is 0 Å². The SMILES string of the molecule is CC1(C)c2ccccc2-c2c1cc1c3c(c4cc5c6c(cccc6c4cc23)[Si](c2ccccc2)(c2ccccc2)c2ccccc2-5)-c2ccccc2C1(C)C. The molecule has 0 fully saturated rings. The molecule has 0 N–H and O–H groups in total. The second kappa shape index (κ2) is 10.6. The van der Waals surface area contributed by atoms with Crippen LogP contribution in [0.1, 0.15) is 49.9 Å². The lowest BCUT2D eigenvalue weighted by molar-refractivity contribution is 0.630. The molecule has 0 saturated heterocycles. The standard InChI is InChI=1S/C54H40Si/c1-53(2)43-26-14-11-23-37(43)49-42-30-39-36-25-17-29-48-50(36)40(31-41(39)51-38-24-12-15-27-44(38)54(3,4)46(52(42)51)32-45(49)53)35-22-13-16-28-47(35)55(48,33-18-7-5-8-19-33)34-20-9-6-10-21-34/h5-32H,1-4H3. The Hall–Kier alpha value is -6.02. The maximum Gasteiger partial charge on any atom is 0.180 e. The van der Waals surface area contributed by atoms with Crippen LogP contribution in [-0.4, -0.2) is 8.07 Å². The molecule has 55 heavy (non-hydrogen) atoms. The minimum atomic E-state index is -2.73. The molecule has 1 aliphatic heterocycles. The topological polar surface area (TPSA) is 0 Å². The van der Waals surface area contributed by atoms with Gasteiger partial charge in [-0.15, -0.1) is 0 Å². The fourth-order valence-corrected chi connectivity index (χ4v) is 16.7. The van der Waals surface area contributed by atoms with Crippen LogP contribution in [0, 0.1) is 0 Å². The third kappa shape index (κ3) is 3.73. The number of rotatable bonds is 2. The van der Waals surface area contributed by atoms with Gasteiger partial charge in [-0.2, -0.15) is 0 Å². The van der Waals surface area contributed by atoms with Gasteiger partial charge in [0.1, 0.15) is 0 Å². The first-order valence-electron chi connectivity index (χ1n) is 19.8. The third-order valence-electron chi connectivity index (χ3n) is 13.9. The fraction of sp³-hybridized carbons (Fsp3) is 0.111. The van der Waals surface area contributed by atoms with Crippen LogP contribution in [0.5, 0.6) is 0 Å². The average Bonchev–Trinajstić information content (AvgIpc) is 3.46. The highest BCUT2D eigenvalue weighted by atomic mass is 28.3. The largest absolute Gasteiger partial charge is 0.180 e. The fourth-order valence-electron chi connectivity index (χ4n) is 11.5. The molecule has 12 rings (SSSR count). The lowest BCUT2D eigenvalue weighted by Crippen LogP contribution is -2.76. The smallest absolute Gasteiger partial charge is 0.0623 e. The molecule has 0 unspecified atom stereocenters. The van der Waals surface area contributed by atoms with Crippen molar-refractivity contribution in [2.24, 2.45) is 0 Å². The molecular formula is C54H40Si. The van der Waals surface area contributed by atoms with Gasteiger partial charge in [0.15, 0.2) is 8.07 Å². The summed E-state index contributed by atoms with van der Waals surface area (Å²) in [7, 11) is -2.73. The minimum absolute atomic E-state index is 0.0982. The second-order valence-corrected chi connectivity index (χ2v) is 20.9. The second-order valence-electron chi connectivity index (χ2n) is 17.1. The Kier molecular flexibility index (Phi) is 6.04. The van der Waals surface area contributed by atoms with Gasteiger partial charge >= 0.3 is 0 Å². The van der Waals surface area contributed by atoms with Gasteiger partial charge < -0.3 is 0 Å². The molecule has 0 bridgehead atoms. The monoisotopic (exact) mass is 716 g/mol. The Bertz CT molecular complexity index is 3090. The molecule has 0 spiro atoms. The van der Waals surface area contributed by atoms with Crippen molar-refractivity contribution >= 4 is 61.1 Å². The van der Waals surface area contributed by atoms with E-state index in [0.717, 1.165) is 0 Å². The zero-order chi connectivity index (χ0) is 36.8. The van der Waals surface area contributed by atoms with Gasteiger partial charge in [-0.1, -0.05) is 185 Å². The average molecular weight is 717 g/mol. The highest BCUT2D eigenvalue weighted by Crippen LogP contribution is 2.59. The summed E-state index contributed by atoms with van der Waals surface area (Å²) in [5.74, 6) is 0. The predicted molar refractivity (Wildman–Crippen MR) is 237 cm³/mol. The first kappa shape index (κ1) is 31.3. The summed E-state index contributed by atoms with van der Waals surface area (Å²) in [6, 6.07) is 65.7. The summed E-state index contributed by atoms with van der Waals surface area (Å²) >= 11 is 0. The lowest BCUT2D eigenvalue weighted by Gasteiger charge is -2.41.